The van der Waals surface area contributed by atoms with Gasteiger partial charge < -0.3 is 5.73 Å². The molecule has 0 spiro atoms. The minimum Gasteiger partial charge on any atom is -0.404 e. The number of hydrogen-bond acceptors (Lipinski definition) is 2. The number of nitrogens with zero attached hydrogens (tertiary/aromatic N) is 1. The third kappa shape index (κ3) is 0.964. The molecule has 1 aliphatic heterocycles. The molecule has 0 amide bonds. The van der Waals surface area contributed by atoms with Crippen molar-refractivity contribution in [3.8, 4) is 0 Å². The monoisotopic (exact) mass is 108 g/mol. The van der Waals surface area contributed by atoms with Crippen molar-refractivity contribution in [2.24, 2.45) is 10.7 Å². The zero-order chi connectivity index (χ0) is 5.82. The van der Waals surface area contributed by atoms with E-state index in [0.717, 1.165) is 12.1 Å². The summed E-state index contributed by atoms with van der Waals surface area (Å²) in [6.45, 7) is 0.789. The smallest absolute Gasteiger partial charge is 0.0573 e. The van der Waals surface area contributed by atoms with Crippen molar-refractivity contribution in [1.82, 2.24) is 0 Å². The van der Waals surface area contributed by atoms with Crippen molar-refractivity contribution in [1.29, 1.82) is 0 Å². The predicted octanol–water partition coefficient (Wildman–Crippen LogP) is 0.470. The third-order valence-corrected chi connectivity index (χ3v) is 0.954. The van der Waals surface area contributed by atoms with Gasteiger partial charge in [-0.15, -0.1) is 0 Å². The molecule has 0 atom stereocenters. The highest BCUT2D eigenvalue weighted by molar-refractivity contribution is 5.83. The lowest BCUT2D eigenvalue weighted by Crippen LogP contribution is -1.92. The second kappa shape index (κ2) is 2.31. The van der Waals surface area contributed by atoms with Crippen LogP contribution >= 0.6 is 0 Å². The molecule has 2 nitrogen and oxygen atoms in total. The number of nitrogens with two attached hydrogens (primary N) is 1. The van der Waals surface area contributed by atoms with Crippen LogP contribution in [0.2, 0.25) is 0 Å². The number of allylic oxidation sites excluding steroid dienone is 2. The molecule has 1 rings (SSSR count). The largest absolute Gasteiger partial charge is 0.404 e. The first-order chi connectivity index (χ1) is 3.93. The van der Waals surface area contributed by atoms with Crippen LogP contribution in [-0.4, -0.2) is 12.8 Å². The van der Waals surface area contributed by atoms with Crippen LogP contribution in [0, 0.1) is 0 Å². The molecule has 1 aliphatic rings. The molecule has 42 valence electrons. The van der Waals surface area contributed by atoms with E-state index in [1.165, 1.54) is 0 Å². The minimum atomic E-state index is 0.789. The zero-order valence-electron chi connectivity index (χ0n) is 4.54. The molecular formula is C6H8N2. The Hall–Kier alpha value is -1.05. The molecule has 2 heteroatoms. The summed E-state index contributed by atoms with van der Waals surface area (Å²) in [6.07, 6.45) is 7.23. The van der Waals surface area contributed by atoms with E-state index >= 15 is 0 Å². The van der Waals surface area contributed by atoms with Crippen LogP contribution in [0.4, 0.5) is 0 Å². The van der Waals surface area contributed by atoms with E-state index < -0.39 is 0 Å². The maximum absolute atomic E-state index is 5.20. The highest BCUT2D eigenvalue weighted by Crippen LogP contribution is 1.95. The van der Waals surface area contributed by atoms with Crippen molar-refractivity contribution < 1.29 is 0 Å². The highest BCUT2D eigenvalue weighted by atomic mass is 14.7. The number of hydrogen-bond donors (Lipinski definition) is 1. The van der Waals surface area contributed by atoms with Gasteiger partial charge in [-0.1, -0.05) is 12.2 Å². The zero-order valence-corrected chi connectivity index (χ0v) is 4.54. The fourth-order valence-corrected chi connectivity index (χ4v) is 0.549. The summed E-state index contributed by atoms with van der Waals surface area (Å²) >= 11 is 0. The molecule has 0 aliphatic carbocycles. The van der Waals surface area contributed by atoms with E-state index in [0.29, 0.717) is 0 Å². The molecule has 0 saturated carbocycles. The van der Waals surface area contributed by atoms with Gasteiger partial charge in [0.15, 0.2) is 0 Å². The standard InChI is InChI=1S/C6H8N2/c7-4-6-2-1-3-8-5-6/h1-2,4-5H,3,7H2. The van der Waals surface area contributed by atoms with Crippen LogP contribution < -0.4 is 5.73 Å². The maximum Gasteiger partial charge on any atom is 0.0573 e. The van der Waals surface area contributed by atoms with Gasteiger partial charge in [-0.25, -0.2) is 0 Å². The molecule has 0 aromatic heterocycles. The highest BCUT2D eigenvalue weighted by Gasteiger charge is 1.87. The molecule has 0 bridgehead atoms. The summed E-state index contributed by atoms with van der Waals surface area (Å²) < 4.78 is 0. The summed E-state index contributed by atoms with van der Waals surface area (Å²) in [5.41, 5.74) is 6.18. The summed E-state index contributed by atoms with van der Waals surface area (Å²) in [5, 5.41) is 0. The van der Waals surface area contributed by atoms with Crippen LogP contribution in [0.5, 0.6) is 0 Å². The molecule has 1 heterocycles. The van der Waals surface area contributed by atoms with Gasteiger partial charge in [0.2, 0.25) is 0 Å². The van der Waals surface area contributed by atoms with E-state index in [9.17, 15) is 0 Å². The Morgan fingerprint density at radius 2 is 2.62 bits per heavy atom. The normalized spacial score (nSPS) is 22.2. The van der Waals surface area contributed by atoms with E-state index in [4.69, 9.17) is 5.73 Å². The van der Waals surface area contributed by atoms with Crippen molar-refractivity contribution in [3.63, 3.8) is 0 Å². The van der Waals surface area contributed by atoms with Crippen molar-refractivity contribution >= 4 is 6.21 Å². The number of dihydropyridines is 1. The van der Waals surface area contributed by atoms with Gasteiger partial charge in [0.25, 0.3) is 0 Å². The first-order valence-electron chi connectivity index (χ1n) is 2.52. The van der Waals surface area contributed by atoms with Gasteiger partial charge in [-0.2, -0.15) is 0 Å². The quantitative estimate of drug-likeness (QED) is 0.481. The third-order valence-electron chi connectivity index (χ3n) is 0.954. The lowest BCUT2D eigenvalue weighted by molar-refractivity contribution is 1.23. The first-order valence-corrected chi connectivity index (χ1v) is 2.52. The maximum atomic E-state index is 5.20. The van der Waals surface area contributed by atoms with Crippen LogP contribution in [0.15, 0.2) is 28.9 Å². The molecule has 0 fully saturated rings. The number of rotatable bonds is 0. The lowest BCUT2D eigenvalue weighted by atomic mass is 10.2. The van der Waals surface area contributed by atoms with Crippen LogP contribution in [0.3, 0.4) is 0 Å². The molecule has 0 aromatic rings. The van der Waals surface area contributed by atoms with E-state index in [-0.39, 0.29) is 0 Å². The van der Waals surface area contributed by atoms with E-state index in [2.05, 4.69) is 4.99 Å². The van der Waals surface area contributed by atoms with Crippen molar-refractivity contribution in [3.05, 3.63) is 23.9 Å². The predicted molar refractivity (Wildman–Crippen MR) is 34.8 cm³/mol. The molecule has 8 heavy (non-hydrogen) atoms. The summed E-state index contributed by atoms with van der Waals surface area (Å²) in [7, 11) is 0. The fourth-order valence-electron chi connectivity index (χ4n) is 0.549. The number of aliphatic imine (C=N–C) groups is 1. The van der Waals surface area contributed by atoms with Crippen LogP contribution in [0.1, 0.15) is 0 Å². The summed E-state index contributed by atoms with van der Waals surface area (Å²) in [4.78, 5) is 3.97. The fraction of sp³-hybridized carbons (Fsp3) is 0.167. The van der Waals surface area contributed by atoms with Gasteiger partial charge in [-0.3, -0.25) is 4.99 Å². The molecule has 0 saturated heterocycles. The van der Waals surface area contributed by atoms with Crippen molar-refractivity contribution in [2.45, 2.75) is 0 Å². The first kappa shape index (κ1) is 5.09. The average Bonchev–Trinajstić information content (AvgIpc) is 1.90. The van der Waals surface area contributed by atoms with Crippen molar-refractivity contribution in [2.75, 3.05) is 6.54 Å². The van der Waals surface area contributed by atoms with Crippen LogP contribution in [0.25, 0.3) is 0 Å². The van der Waals surface area contributed by atoms with Crippen LogP contribution in [-0.2, 0) is 0 Å². The molecule has 0 radical (unpaired) electrons. The molecule has 0 aromatic carbocycles. The lowest BCUT2D eigenvalue weighted by Gasteiger charge is -1.94. The Morgan fingerprint density at radius 1 is 1.75 bits per heavy atom. The minimum absolute atomic E-state index is 0.789. The second-order valence-electron chi connectivity index (χ2n) is 1.56. The Balaban J connectivity index is 2.69. The SMILES string of the molecule is NC=C1C=CCN=C1. The van der Waals surface area contributed by atoms with Gasteiger partial charge in [0.05, 0.1) is 6.54 Å². The topological polar surface area (TPSA) is 38.4 Å². The van der Waals surface area contributed by atoms with E-state index in [1.807, 2.05) is 12.2 Å². The Bertz CT molecular complexity index is 140. The Kier molecular flexibility index (Phi) is 1.47. The molecule has 2 N–H and O–H groups in total. The van der Waals surface area contributed by atoms with E-state index in [1.54, 1.807) is 12.4 Å². The molecule has 0 unspecified atom stereocenters. The summed E-state index contributed by atoms with van der Waals surface area (Å²) in [5.74, 6) is 0. The van der Waals surface area contributed by atoms with Gasteiger partial charge in [0.1, 0.15) is 0 Å². The summed E-state index contributed by atoms with van der Waals surface area (Å²) in [6, 6.07) is 0. The Morgan fingerprint density at radius 3 is 3.00 bits per heavy atom. The Labute approximate surface area is 48.4 Å². The second-order valence-corrected chi connectivity index (χ2v) is 1.56. The van der Waals surface area contributed by atoms with Gasteiger partial charge in [0, 0.05) is 18.0 Å². The van der Waals surface area contributed by atoms with Gasteiger partial charge in [-0.05, 0) is 0 Å². The molecular weight excluding hydrogens is 100 g/mol. The average molecular weight is 108 g/mol. The van der Waals surface area contributed by atoms with Gasteiger partial charge >= 0.3 is 0 Å².